The van der Waals surface area contributed by atoms with E-state index < -0.39 is 5.97 Å². The van der Waals surface area contributed by atoms with Crippen molar-refractivity contribution in [3.63, 3.8) is 0 Å². The van der Waals surface area contributed by atoms with E-state index in [0.717, 1.165) is 16.7 Å². The molecule has 0 saturated carbocycles. The fourth-order valence-corrected chi connectivity index (χ4v) is 3.48. The Morgan fingerprint density at radius 2 is 1.85 bits per heavy atom. The first kappa shape index (κ1) is 17.8. The van der Waals surface area contributed by atoms with Gasteiger partial charge in [-0.05, 0) is 35.9 Å². The molecule has 0 aliphatic carbocycles. The molecule has 5 heteroatoms. The van der Waals surface area contributed by atoms with Gasteiger partial charge in [-0.25, -0.2) is 9.64 Å². The molecule has 0 fully saturated rings. The van der Waals surface area contributed by atoms with Crippen LogP contribution in [0.3, 0.4) is 0 Å². The van der Waals surface area contributed by atoms with E-state index in [0.29, 0.717) is 16.9 Å². The Bertz CT molecular complexity index is 968. The molecule has 0 amide bonds. The Labute approximate surface area is 157 Å². The Hall–Kier alpha value is -2.97. The van der Waals surface area contributed by atoms with Crippen LogP contribution in [0.4, 0.5) is 5.69 Å². The average Bonchev–Trinajstić information content (AvgIpc) is 3.12. The molecule has 0 unspecified atom stereocenters. The topological polar surface area (TPSA) is 46.5 Å². The number of nitrogens with one attached hydrogen (secondary N) is 1. The first-order valence-corrected chi connectivity index (χ1v) is 9.41. The Morgan fingerprint density at radius 3 is 2.50 bits per heavy atom. The fourth-order valence-electron chi connectivity index (χ4n) is 2.86. The molecule has 0 aliphatic heterocycles. The van der Waals surface area contributed by atoms with Gasteiger partial charge in [0.25, 0.3) is 0 Å². The first-order chi connectivity index (χ1) is 12.7. The van der Waals surface area contributed by atoms with Crippen LogP contribution in [0, 0.1) is 6.57 Å². The fraction of sp³-hybridized carbons (Fsp3) is 0.143. The van der Waals surface area contributed by atoms with E-state index >= 15 is 0 Å². The molecule has 0 bridgehead atoms. The maximum atomic E-state index is 12.2. The number of thioether (sulfide) groups is 1. The standard InChI is InChI=1S/C21H18N2O2S/c1-4-25-21(24)20-19(17(22-2)13-23-20)15-11-9-14(10-12-15)16-7-5-6-8-18(16)26-3/h5-13,23H,4H2,1,3H3. The van der Waals surface area contributed by atoms with Crippen molar-refractivity contribution in [2.45, 2.75) is 11.8 Å². The number of nitrogens with zero attached hydrogens (tertiary/aromatic N) is 1. The number of rotatable bonds is 5. The number of carbonyl (C=O) groups excluding carboxylic acids is 1. The molecule has 0 saturated heterocycles. The normalized spacial score (nSPS) is 10.3. The van der Waals surface area contributed by atoms with Gasteiger partial charge in [0.05, 0.1) is 13.2 Å². The lowest BCUT2D eigenvalue weighted by atomic mass is 9.99. The minimum Gasteiger partial charge on any atom is -0.461 e. The second-order valence-corrected chi connectivity index (χ2v) is 6.38. The minimum absolute atomic E-state index is 0.287. The maximum Gasteiger partial charge on any atom is 0.353 e. The van der Waals surface area contributed by atoms with Crippen LogP contribution < -0.4 is 0 Å². The molecule has 0 spiro atoms. The summed E-state index contributed by atoms with van der Waals surface area (Å²) in [4.78, 5) is 19.8. The van der Waals surface area contributed by atoms with E-state index in [1.807, 2.05) is 36.4 Å². The molecule has 1 aromatic heterocycles. The van der Waals surface area contributed by atoms with Gasteiger partial charge in [0.2, 0.25) is 5.69 Å². The summed E-state index contributed by atoms with van der Waals surface area (Å²) in [5, 5.41) is 0. The van der Waals surface area contributed by atoms with Crippen molar-refractivity contribution in [2.24, 2.45) is 0 Å². The summed E-state index contributed by atoms with van der Waals surface area (Å²) in [6, 6.07) is 16.1. The van der Waals surface area contributed by atoms with E-state index in [4.69, 9.17) is 11.3 Å². The number of carbonyl (C=O) groups is 1. The van der Waals surface area contributed by atoms with Gasteiger partial charge in [0.1, 0.15) is 5.69 Å². The van der Waals surface area contributed by atoms with Crippen LogP contribution >= 0.6 is 11.8 Å². The van der Waals surface area contributed by atoms with Gasteiger partial charge < -0.3 is 9.72 Å². The summed E-state index contributed by atoms with van der Waals surface area (Å²) in [5.41, 5.74) is 4.38. The van der Waals surface area contributed by atoms with Gasteiger partial charge in [-0.15, -0.1) is 11.8 Å². The lowest BCUT2D eigenvalue weighted by Gasteiger charge is -2.09. The van der Waals surface area contributed by atoms with Gasteiger partial charge in [-0.1, -0.05) is 42.5 Å². The van der Waals surface area contributed by atoms with Crippen molar-refractivity contribution in [2.75, 3.05) is 12.9 Å². The highest BCUT2D eigenvalue weighted by molar-refractivity contribution is 7.98. The Balaban J connectivity index is 2.03. The van der Waals surface area contributed by atoms with Crippen molar-refractivity contribution >= 4 is 23.4 Å². The molecule has 1 heterocycles. The van der Waals surface area contributed by atoms with E-state index in [2.05, 4.69) is 28.2 Å². The molecule has 1 N–H and O–H groups in total. The predicted molar refractivity (Wildman–Crippen MR) is 106 cm³/mol. The van der Waals surface area contributed by atoms with Crippen LogP contribution in [0.1, 0.15) is 17.4 Å². The number of benzene rings is 2. The lowest BCUT2D eigenvalue weighted by molar-refractivity contribution is 0.0521. The number of esters is 1. The van der Waals surface area contributed by atoms with Crippen LogP contribution in [0.5, 0.6) is 0 Å². The number of aromatic amines is 1. The zero-order valence-electron chi connectivity index (χ0n) is 14.6. The Kier molecular flexibility index (Phi) is 5.45. The third kappa shape index (κ3) is 3.37. The second-order valence-electron chi connectivity index (χ2n) is 5.53. The summed E-state index contributed by atoms with van der Waals surface area (Å²) in [6.07, 6.45) is 3.60. The summed E-state index contributed by atoms with van der Waals surface area (Å²) >= 11 is 1.70. The monoisotopic (exact) mass is 362 g/mol. The van der Waals surface area contributed by atoms with Crippen molar-refractivity contribution in [3.05, 3.63) is 71.8 Å². The number of ether oxygens (including phenoxy) is 1. The quantitative estimate of drug-likeness (QED) is 0.354. The molecule has 2 aromatic carbocycles. The van der Waals surface area contributed by atoms with Crippen LogP contribution in [-0.4, -0.2) is 23.8 Å². The molecule has 0 atom stereocenters. The molecule has 3 rings (SSSR count). The molecule has 3 aromatic rings. The highest BCUT2D eigenvalue weighted by atomic mass is 32.2. The van der Waals surface area contributed by atoms with Crippen LogP contribution in [0.2, 0.25) is 0 Å². The van der Waals surface area contributed by atoms with Crippen molar-refractivity contribution in [1.82, 2.24) is 4.98 Å². The van der Waals surface area contributed by atoms with E-state index in [1.54, 1.807) is 24.9 Å². The first-order valence-electron chi connectivity index (χ1n) is 8.19. The highest BCUT2D eigenvalue weighted by Gasteiger charge is 2.20. The molecule has 130 valence electrons. The van der Waals surface area contributed by atoms with Gasteiger partial charge in [-0.3, -0.25) is 0 Å². The van der Waals surface area contributed by atoms with Gasteiger partial charge >= 0.3 is 5.97 Å². The summed E-state index contributed by atoms with van der Waals surface area (Å²) < 4.78 is 5.10. The van der Waals surface area contributed by atoms with Crippen molar-refractivity contribution < 1.29 is 9.53 Å². The van der Waals surface area contributed by atoms with Crippen LogP contribution in [-0.2, 0) is 4.74 Å². The second kappa shape index (κ2) is 7.94. The largest absolute Gasteiger partial charge is 0.461 e. The Morgan fingerprint density at radius 1 is 1.15 bits per heavy atom. The van der Waals surface area contributed by atoms with Crippen LogP contribution in [0.15, 0.2) is 59.6 Å². The molecule has 26 heavy (non-hydrogen) atoms. The summed E-state index contributed by atoms with van der Waals surface area (Å²) in [5.74, 6) is -0.450. The van der Waals surface area contributed by atoms with Gasteiger partial charge in [0.15, 0.2) is 0 Å². The molecular weight excluding hydrogens is 344 g/mol. The minimum atomic E-state index is -0.450. The van der Waals surface area contributed by atoms with E-state index in [1.165, 1.54) is 4.90 Å². The number of aromatic nitrogens is 1. The summed E-state index contributed by atoms with van der Waals surface area (Å²) in [6.45, 7) is 9.42. The smallest absolute Gasteiger partial charge is 0.353 e. The molecule has 0 aliphatic rings. The molecule has 4 nitrogen and oxygen atoms in total. The summed E-state index contributed by atoms with van der Waals surface area (Å²) in [7, 11) is 0. The average molecular weight is 362 g/mol. The van der Waals surface area contributed by atoms with Crippen molar-refractivity contribution in [1.29, 1.82) is 0 Å². The highest BCUT2D eigenvalue weighted by Crippen LogP contribution is 2.36. The molecule has 0 radical (unpaired) electrons. The zero-order valence-corrected chi connectivity index (χ0v) is 15.4. The van der Waals surface area contributed by atoms with E-state index in [9.17, 15) is 4.79 Å². The van der Waals surface area contributed by atoms with Gasteiger partial charge in [0, 0.05) is 16.7 Å². The SMILES string of the molecule is [C-]#[N+]c1c[nH]c(C(=O)OCC)c1-c1ccc(-c2ccccc2SC)cc1. The maximum absolute atomic E-state index is 12.2. The third-order valence-electron chi connectivity index (χ3n) is 4.05. The number of hydrogen-bond acceptors (Lipinski definition) is 3. The number of hydrogen-bond donors (Lipinski definition) is 1. The van der Waals surface area contributed by atoms with Crippen molar-refractivity contribution in [3.8, 4) is 22.3 Å². The van der Waals surface area contributed by atoms with Gasteiger partial charge in [-0.2, -0.15) is 0 Å². The lowest BCUT2D eigenvalue weighted by Crippen LogP contribution is -2.06. The third-order valence-corrected chi connectivity index (χ3v) is 4.85. The predicted octanol–water partition coefficient (Wildman–Crippen LogP) is 5.80. The number of H-pyrrole nitrogens is 1. The molecular formula is C21H18N2O2S. The zero-order chi connectivity index (χ0) is 18.5. The van der Waals surface area contributed by atoms with Crippen LogP contribution in [0.25, 0.3) is 27.1 Å². The van der Waals surface area contributed by atoms with E-state index in [-0.39, 0.29) is 6.61 Å².